The molecule has 0 saturated heterocycles. The number of carbonyl (C=O) groups is 2. The van der Waals surface area contributed by atoms with Gasteiger partial charge in [-0.1, -0.05) is 20.8 Å². The van der Waals surface area contributed by atoms with E-state index in [4.69, 9.17) is 4.74 Å². The molecule has 0 heterocycles. The van der Waals surface area contributed by atoms with E-state index in [1.807, 2.05) is 0 Å². The second kappa shape index (κ2) is 5.87. The van der Waals surface area contributed by atoms with Gasteiger partial charge < -0.3 is 9.53 Å². The smallest absolute Gasteiger partial charge is 0.305 e. The maximum Gasteiger partial charge on any atom is 0.305 e. The highest BCUT2D eigenvalue weighted by Gasteiger charge is 2.52. The first-order chi connectivity index (χ1) is 9.41. The van der Waals surface area contributed by atoms with Crippen LogP contribution in [0.2, 0.25) is 0 Å². The van der Waals surface area contributed by atoms with Gasteiger partial charge in [0, 0.05) is 12.3 Å². The maximum atomic E-state index is 11.6. The van der Waals surface area contributed by atoms with Gasteiger partial charge in [0.1, 0.15) is 6.29 Å². The maximum absolute atomic E-state index is 11.6. The number of aldehydes is 1. The lowest BCUT2D eigenvalue weighted by molar-refractivity contribution is -0.143. The molecule has 0 bridgehead atoms. The van der Waals surface area contributed by atoms with Crippen LogP contribution in [0, 0.1) is 35.0 Å². The number of carbonyl (C=O) groups excluding carboxylic acids is 2. The Kier molecular flexibility index (Phi) is 4.55. The zero-order valence-corrected chi connectivity index (χ0v) is 13.2. The molecule has 2 aliphatic carbocycles. The molecule has 0 aromatic heterocycles. The molecule has 2 unspecified atom stereocenters. The fraction of sp³-hybridized carbons (Fsp3) is 0.882. The Balaban J connectivity index is 2.15. The summed E-state index contributed by atoms with van der Waals surface area (Å²) in [6, 6.07) is 0. The molecule has 114 valence electrons. The second-order valence-electron chi connectivity index (χ2n) is 7.49. The monoisotopic (exact) mass is 280 g/mol. The fourth-order valence-electron chi connectivity index (χ4n) is 4.83. The van der Waals surface area contributed by atoms with E-state index in [2.05, 4.69) is 20.8 Å². The van der Waals surface area contributed by atoms with E-state index in [0.29, 0.717) is 23.7 Å². The Hall–Kier alpha value is -0.860. The molecule has 2 saturated carbocycles. The van der Waals surface area contributed by atoms with Crippen molar-refractivity contribution in [3.8, 4) is 0 Å². The van der Waals surface area contributed by atoms with E-state index in [9.17, 15) is 9.59 Å². The van der Waals surface area contributed by atoms with Gasteiger partial charge >= 0.3 is 5.97 Å². The molecule has 5 atom stereocenters. The predicted octanol–water partition coefficient (Wildman–Crippen LogP) is 3.46. The van der Waals surface area contributed by atoms with Crippen molar-refractivity contribution in [2.24, 2.45) is 35.0 Å². The third-order valence-electron chi connectivity index (χ3n) is 6.01. The average Bonchev–Trinajstić information content (AvgIpc) is 2.73. The van der Waals surface area contributed by atoms with E-state index in [1.54, 1.807) is 0 Å². The first-order valence-electron chi connectivity index (χ1n) is 7.93. The van der Waals surface area contributed by atoms with Crippen molar-refractivity contribution in [1.29, 1.82) is 0 Å². The summed E-state index contributed by atoms with van der Waals surface area (Å²) in [5, 5.41) is 0. The van der Waals surface area contributed by atoms with Crippen LogP contribution < -0.4 is 0 Å². The highest BCUT2D eigenvalue weighted by Crippen LogP contribution is 2.59. The van der Waals surface area contributed by atoms with Gasteiger partial charge in [-0.25, -0.2) is 0 Å². The zero-order valence-electron chi connectivity index (χ0n) is 13.2. The summed E-state index contributed by atoms with van der Waals surface area (Å²) < 4.78 is 4.79. The van der Waals surface area contributed by atoms with Gasteiger partial charge in [0.15, 0.2) is 0 Å². The van der Waals surface area contributed by atoms with Crippen LogP contribution in [0.4, 0.5) is 0 Å². The molecule has 0 spiro atoms. The lowest BCUT2D eigenvalue weighted by atomic mass is 9.59. The minimum Gasteiger partial charge on any atom is -0.469 e. The van der Waals surface area contributed by atoms with Gasteiger partial charge in [-0.3, -0.25) is 4.79 Å². The molecule has 0 aliphatic heterocycles. The summed E-state index contributed by atoms with van der Waals surface area (Å²) in [5.74, 6) is 2.10. The van der Waals surface area contributed by atoms with Crippen molar-refractivity contribution >= 4 is 12.3 Å². The van der Waals surface area contributed by atoms with Gasteiger partial charge in [0.05, 0.1) is 7.11 Å². The molecule has 0 aromatic rings. The minimum atomic E-state index is -0.178. The number of fused-ring (bicyclic) bond motifs is 1. The SMILES string of the molecule is COC(=O)CC1C[C@]2(C)CC[C@H](C(C)C)[C@H]2CC1C=O. The third-order valence-corrected chi connectivity index (χ3v) is 6.01. The standard InChI is InChI=1S/C17H28O3/c1-11(2)14-5-6-17(3)9-12(8-16(19)20-4)13(10-18)7-15(14)17/h10-15H,5-9H2,1-4H3/t12?,13?,14-,15-,17+/m1/s1. The Labute approximate surface area is 122 Å². The van der Waals surface area contributed by atoms with Crippen LogP contribution in [0.1, 0.15) is 52.9 Å². The number of rotatable bonds is 4. The van der Waals surface area contributed by atoms with Crippen molar-refractivity contribution in [1.82, 2.24) is 0 Å². The fourth-order valence-corrected chi connectivity index (χ4v) is 4.83. The summed E-state index contributed by atoms with van der Waals surface area (Å²) in [6.45, 7) is 6.96. The number of methoxy groups -OCH3 is 1. The third kappa shape index (κ3) is 2.77. The molecule has 3 nitrogen and oxygen atoms in total. The van der Waals surface area contributed by atoms with E-state index in [1.165, 1.54) is 20.0 Å². The van der Waals surface area contributed by atoms with Crippen molar-refractivity contribution < 1.29 is 14.3 Å². The van der Waals surface area contributed by atoms with Crippen LogP contribution in [-0.4, -0.2) is 19.4 Å². The molecule has 20 heavy (non-hydrogen) atoms. The Morgan fingerprint density at radius 2 is 2.15 bits per heavy atom. The van der Waals surface area contributed by atoms with E-state index < -0.39 is 0 Å². The summed E-state index contributed by atoms with van der Waals surface area (Å²) in [5.41, 5.74) is 0.313. The number of hydrogen-bond donors (Lipinski definition) is 0. The highest BCUT2D eigenvalue weighted by molar-refractivity contribution is 5.70. The Morgan fingerprint density at radius 1 is 1.45 bits per heavy atom. The quantitative estimate of drug-likeness (QED) is 0.585. The summed E-state index contributed by atoms with van der Waals surface area (Å²) in [4.78, 5) is 23.0. The number of esters is 1. The number of ether oxygens (including phenoxy) is 1. The lowest BCUT2D eigenvalue weighted by Crippen LogP contribution is -2.40. The molecule has 0 amide bonds. The molecule has 0 aromatic carbocycles. The predicted molar refractivity (Wildman–Crippen MR) is 78.1 cm³/mol. The first kappa shape index (κ1) is 15.5. The van der Waals surface area contributed by atoms with Gasteiger partial charge in [0.2, 0.25) is 0 Å². The van der Waals surface area contributed by atoms with Crippen molar-refractivity contribution in [2.75, 3.05) is 7.11 Å². The summed E-state index contributed by atoms with van der Waals surface area (Å²) in [7, 11) is 1.43. The summed E-state index contributed by atoms with van der Waals surface area (Å²) in [6.07, 6.45) is 5.96. The number of hydrogen-bond acceptors (Lipinski definition) is 3. The van der Waals surface area contributed by atoms with E-state index in [-0.39, 0.29) is 17.8 Å². The van der Waals surface area contributed by atoms with Crippen molar-refractivity contribution in [3.05, 3.63) is 0 Å². The van der Waals surface area contributed by atoms with Crippen LogP contribution in [-0.2, 0) is 14.3 Å². The Bertz CT molecular complexity index is 376. The van der Waals surface area contributed by atoms with E-state index in [0.717, 1.165) is 25.0 Å². The molecule has 0 radical (unpaired) electrons. The zero-order chi connectivity index (χ0) is 14.9. The topological polar surface area (TPSA) is 43.4 Å². The Morgan fingerprint density at radius 3 is 2.70 bits per heavy atom. The van der Waals surface area contributed by atoms with Crippen LogP contribution >= 0.6 is 0 Å². The van der Waals surface area contributed by atoms with Crippen LogP contribution in [0.3, 0.4) is 0 Å². The van der Waals surface area contributed by atoms with Crippen LogP contribution in [0.25, 0.3) is 0 Å². The molecular weight excluding hydrogens is 252 g/mol. The van der Waals surface area contributed by atoms with Gasteiger partial charge in [-0.2, -0.15) is 0 Å². The van der Waals surface area contributed by atoms with Crippen molar-refractivity contribution in [2.45, 2.75) is 52.9 Å². The van der Waals surface area contributed by atoms with E-state index >= 15 is 0 Å². The molecule has 0 N–H and O–H groups in total. The minimum absolute atomic E-state index is 0.0338. The summed E-state index contributed by atoms with van der Waals surface area (Å²) >= 11 is 0. The highest BCUT2D eigenvalue weighted by atomic mass is 16.5. The van der Waals surface area contributed by atoms with Crippen LogP contribution in [0.5, 0.6) is 0 Å². The molecule has 3 heteroatoms. The van der Waals surface area contributed by atoms with Crippen LogP contribution in [0.15, 0.2) is 0 Å². The second-order valence-corrected chi connectivity index (χ2v) is 7.49. The molecule has 2 rings (SSSR count). The van der Waals surface area contributed by atoms with Crippen molar-refractivity contribution in [3.63, 3.8) is 0 Å². The lowest BCUT2D eigenvalue weighted by Gasteiger charge is -2.45. The van der Waals surface area contributed by atoms with Gasteiger partial charge in [0.25, 0.3) is 0 Å². The molecule has 2 aliphatic rings. The average molecular weight is 280 g/mol. The largest absolute Gasteiger partial charge is 0.469 e. The van der Waals surface area contributed by atoms with Gasteiger partial charge in [-0.15, -0.1) is 0 Å². The normalized spacial score (nSPS) is 40.5. The van der Waals surface area contributed by atoms with Gasteiger partial charge in [-0.05, 0) is 54.8 Å². The molecular formula is C17H28O3. The first-order valence-corrected chi connectivity index (χ1v) is 7.93. The molecule has 2 fully saturated rings.